The third-order valence-corrected chi connectivity index (χ3v) is 2.38. The van der Waals surface area contributed by atoms with Gasteiger partial charge in [0.05, 0.1) is 5.56 Å². The van der Waals surface area contributed by atoms with E-state index in [1.54, 1.807) is 6.07 Å². The van der Waals surface area contributed by atoms with E-state index in [2.05, 4.69) is 4.98 Å². The van der Waals surface area contributed by atoms with E-state index in [0.717, 1.165) is 16.7 Å². The van der Waals surface area contributed by atoms with E-state index in [9.17, 15) is 13.2 Å². The molecule has 0 amide bonds. The molecule has 0 radical (unpaired) electrons. The Morgan fingerprint density at radius 1 is 1.11 bits per heavy atom. The first-order valence-electron chi connectivity index (χ1n) is 5.03. The van der Waals surface area contributed by atoms with E-state index >= 15 is 0 Å². The average molecular weight is 262 g/mol. The van der Waals surface area contributed by atoms with E-state index in [4.69, 9.17) is 10.5 Å². The van der Waals surface area contributed by atoms with Gasteiger partial charge in [0.2, 0.25) is 0 Å². The standard InChI is InChI=1S/C12H5F3N4/c13-12(14,15)10-4-3-8(6-16)11(18-10)19-5-1-2-9(19)7-17/h1-5H. The summed E-state index contributed by atoms with van der Waals surface area (Å²) in [6.45, 7) is 0. The summed E-state index contributed by atoms with van der Waals surface area (Å²) in [4.78, 5) is 3.43. The fraction of sp³-hybridized carbons (Fsp3) is 0.0833. The molecule has 2 aromatic heterocycles. The van der Waals surface area contributed by atoms with E-state index in [0.29, 0.717) is 0 Å². The Bertz CT molecular complexity index is 701. The number of halogens is 3. The van der Waals surface area contributed by atoms with Gasteiger partial charge in [0.25, 0.3) is 0 Å². The second-order valence-electron chi connectivity index (χ2n) is 3.55. The van der Waals surface area contributed by atoms with Gasteiger partial charge >= 0.3 is 6.18 Å². The van der Waals surface area contributed by atoms with Crippen LogP contribution in [0, 0.1) is 22.7 Å². The quantitative estimate of drug-likeness (QED) is 0.793. The van der Waals surface area contributed by atoms with Crippen LogP contribution < -0.4 is 0 Å². The minimum Gasteiger partial charge on any atom is -0.291 e. The summed E-state index contributed by atoms with van der Waals surface area (Å²) in [6.07, 6.45) is -3.23. The fourth-order valence-corrected chi connectivity index (χ4v) is 1.53. The molecule has 0 spiro atoms. The zero-order valence-corrected chi connectivity index (χ0v) is 9.31. The van der Waals surface area contributed by atoms with Crippen LogP contribution in [0.5, 0.6) is 0 Å². The normalized spacial score (nSPS) is 10.8. The molecule has 0 aliphatic rings. The van der Waals surface area contributed by atoms with E-state index in [1.165, 1.54) is 18.3 Å². The number of alkyl halides is 3. The summed E-state index contributed by atoms with van der Waals surface area (Å²) in [5.74, 6) is -0.209. The average Bonchev–Trinajstić information content (AvgIpc) is 2.85. The minimum atomic E-state index is -4.61. The minimum absolute atomic E-state index is 0.0410. The lowest BCUT2D eigenvalue weighted by Gasteiger charge is -2.10. The van der Waals surface area contributed by atoms with Crippen LogP contribution in [0.3, 0.4) is 0 Å². The molecular formula is C12H5F3N4. The van der Waals surface area contributed by atoms with Crippen molar-refractivity contribution in [1.29, 1.82) is 10.5 Å². The highest BCUT2D eigenvalue weighted by molar-refractivity contribution is 5.47. The first kappa shape index (κ1) is 12.7. The zero-order chi connectivity index (χ0) is 14.0. The summed E-state index contributed by atoms with van der Waals surface area (Å²) in [5, 5.41) is 17.8. The van der Waals surface area contributed by atoms with Crippen molar-refractivity contribution in [2.75, 3.05) is 0 Å². The topological polar surface area (TPSA) is 65.4 Å². The number of hydrogen-bond donors (Lipinski definition) is 0. The molecule has 0 atom stereocenters. The van der Waals surface area contributed by atoms with Gasteiger partial charge in [-0.3, -0.25) is 4.57 Å². The van der Waals surface area contributed by atoms with E-state index in [-0.39, 0.29) is 17.1 Å². The number of pyridine rings is 1. The van der Waals surface area contributed by atoms with Crippen molar-refractivity contribution in [3.8, 4) is 18.0 Å². The van der Waals surface area contributed by atoms with Crippen LogP contribution in [0.2, 0.25) is 0 Å². The van der Waals surface area contributed by atoms with Crippen molar-refractivity contribution < 1.29 is 13.2 Å². The highest BCUT2D eigenvalue weighted by atomic mass is 19.4. The third kappa shape index (κ3) is 2.26. The Morgan fingerprint density at radius 2 is 1.84 bits per heavy atom. The predicted octanol–water partition coefficient (Wildman–Crippen LogP) is 2.63. The monoisotopic (exact) mass is 262 g/mol. The van der Waals surface area contributed by atoms with Crippen molar-refractivity contribution in [3.05, 3.63) is 47.4 Å². The molecule has 2 aromatic rings. The first-order valence-corrected chi connectivity index (χ1v) is 5.03. The number of nitrogens with zero attached hydrogens (tertiary/aromatic N) is 4. The zero-order valence-electron chi connectivity index (χ0n) is 9.31. The van der Waals surface area contributed by atoms with Gasteiger partial charge in [-0.15, -0.1) is 0 Å². The lowest BCUT2D eigenvalue weighted by atomic mass is 10.2. The maximum absolute atomic E-state index is 12.6. The van der Waals surface area contributed by atoms with Gasteiger partial charge in [-0.25, -0.2) is 4.98 Å². The summed E-state index contributed by atoms with van der Waals surface area (Å²) in [7, 11) is 0. The molecule has 2 heterocycles. The Kier molecular flexibility index (Phi) is 2.97. The van der Waals surface area contributed by atoms with Crippen LogP contribution in [-0.2, 0) is 6.18 Å². The van der Waals surface area contributed by atoms with Gasteiger partial charge in [-0.1, -0.05) is 0 Å². The third-order valence-electron chi connectivity index (χ3n) is 2.38. The maximum Gasteiger partial charge on any atom is 0.433 e. The van der Waals surface area contributed by atoms with Crippen molar-refractivity contribution in [1.82, 2.24) is 9.55 Å². The number of hydrogen-bond acceptors (Lipinski definition) is 3. The van der Waals surface area contributed by atoms with Gasteiger partial charge in [0.1, 0.15) is 23.5 Å². The van der Waals surface area contributed by atoms with Crippen molar-refractivity contribution in [2.24, 2.45) is 0 Å². The molecule has 0 saturated heterocycles. The molecule has 0 aliphatic carbocycles. The highest BCUT2D eigenvalue weighted by Gasteiger charge is 2.33. The predicted molar refractivity (Wildman–Crippen MR) is 58.0 cm³/mol. The van der Waals surface area contributed by atoms with Gasteiger partial charge in [0, 0.05) is 6.20 Å². The molecule has 0 saturated carbocycles. The lowest BCUT2D eigenvalue weighted by molar-refractivity contribution is -0.141. The summed E-state index contributed by atoms with van der Waals surface area (Å²) in [6, 6.07) is 8.24. The van der Waals surface area contributed by atoms with Gasteiger partial charge < -0.3 is 0 Å². The molecule has 19 heavy (non-hydrogen) atoms. The first-order chi connectivity index (χ1) is 8.97. The second kappa shape index (κ2) is 4.46. The lowest BCUT2D eigenvalue weighted by Crippen LogP contribution is -2.12. The fourth-order valence-electron chi connectivity index (χ4n) is 1.53. The van der Waals surface area contributed by atoms with Crippen LogP contribution in [0.1, 0.15) is 17.0 Å². The molecule has 0 N–H and O–H groups in total. The number of aromatic nitrogens is 2. The molecule has 94 valence electrons. The summed E-state index contributed by atoms with van der Waals surface area (Å²) < 4.78 is 39.0. The molecule has 0 bridgehead atoms. The van der Waals surface area contributed by atoms with Crippen molar-refractivity contribution in [2.45, 2.75) is 6.18 Å². The second-order valence-corrected chi connectivity index (χ2v) is 3.55. The molecule has 7 heteroatoms. The van der Waals surface area contributed by atoms with Crippen LogP contribution in [0.4, 0.5) is 13.2 Å². The van der Waals surface area contributed by atoms with Crippen LogP contribution >= 0.6 is 0 Å². The molecule has 0 unspecified atom stereocenters. The van der Waals surface area contributed by atoms with Crippen molar-refractivity contribution >= 4 is 0 Å². The van der Waals surface area contributed by atoms with Gasteiger partial charge in [-0.2, -0.15) is 23.7 Å². The van der Waals surface area contributed by atoms with Gasteiger partial charge in [0.15, 0.2) is 5.82 Å². The SMILES string of the molecule is N#Cc1ccc(C(F)(F)F)nc1-n1cccc1C#N. The molecule has 4 nitrogen and oxygen atoms in total. The largest absolute Gasteiger partial charge is 0.433 e. The molecular weight excluding hydrogens is 257 g/mol. The van der Waals surface area contributed by atoms with E-state index < -0.39 is 11.9 Å². The number of rotatable bonds is 1. The Morgan fingerprint density at radius 3 is 2.42 bits per heavy atom. The Labute approximate surface area is 106 Å². The molecule has 0 fully saturated rings. The molecule has 0 aromatic carbocycles. The maximum atomic E-state index is 12.6. The van der Waals surface area contributed by atoms with E-state index in [1.807, 2.05) is 6.07 Å². The molecule has 2 rings (SSSR count). The van der Waals surface area contributed by atoms with Gasteiger partial charge in [-0.05, 0) is 24.3 Å². The Balaban J connectivity index is 2.69. The Hall–Kier alpha value is -2.80. The van der Waals surface area contributed by atoms with Crippen LogP contribution in [0.15, 0.2) is 30.5 Å². The summed E-state index contributed by atoms with van der Waals surface area (Å²) >= 11 is 0. The smallest absolute Gasteiger partial charge is 0.291 e. The molecule has 0 aliphatic heterocycles. The number of nitriles is 2. The van der Waals surface area contributed by atoms with Crippen LogP contribution in [0.25, 0.3) is 5.82 Å². The highest BCUT2D eigenvalue weighted by Crippen LogP contribution is 2.29. The van der Waals surface area contributed by atoms with Crippen LogP contribution in [-0.4, -0.2) is 9.55 Å². The van der Waals surface area contributed by atoms with Crippen molar-refractivity contribution in [3.63, 3.8) is 0 Å². The summed E-state index contributed by atoms with van der Waals surface area (Å²) in [5.41, 5.74) is -1.05.